The number of hydrogen-bond acceptors (Lipinski definition) is 2. The van der Waals surface area contributed by atoms with E-state index in [1.54, 1.807) is 6.07 Å². The Labute approximate surface area is 99.9 Å². The Morgan fingerprint density at radius 3 is 2.57 bits per heavy atom. The Balaban J connectivity index is 3.13. The number of halogens is 2. The van der Waals surface area contributed by atoms with E-state index in [4.69, 9.17) is 0 Å². The first-order chi connectivity index (χ1) is 6.54. The molecule has 0 amide bonds. The minimum absolute atomic E-state index is 0.211. The zero-order valence-electron chi connectivity index (χ0n) is 7.88. The van der Waals surface area contributed by atoms with Crippen molar-refractivity contribution in [3.8, 4) is 0 Å². The standard InChI is InChI=1S/C10H10Br2O2/c1-6(11)7-3-8(10(13)14-2)5-9(12)4-7/h3-6H,1-2H3. The Hall–Kier alpha value is -0.350. The van der Waals surface area contributed by atoms with Crippen LogP contribution in [0.1, 0.15) is 27.7 Å². The van der Waals surface area contributed by atoms with E-state index in [0.29, 0.717) is 5.56 Å². The molecule has 0 aliphatic carbocycles. The third-order valence-corrected chi connectivity index (χ3v) is 2.79. The largest absolute Gasteiger partial charge is 0.465 e. The average molecular weight is 322 g/mol. The molecule has 1 aromatic rings. The second-order valence-electron chi connectivity index (χ2n) is 2.88. The Kier molecular flexibility index (Phi) is 4.13. The lowest BCUT2D eigenvalue weighted by Gasteiger charge is -2.07. The highest BCUT2D eigenvalue weighted by atomic mass is 79.9. The van der Waals surface area contributed by atoms with Gasteiger partial charge in [0.05, 0.1) is 12.7 Å². The maximum Gasteiger partial charge on any atom is 0.337 e. The van der Waals surface area contributed by atoms with E-state index >= 15 is 0 Å². The van der Waals surface area contributed by atoms with Gasteiger partial charge >= 0.3 is 5.97 Å². The molecule has 0 fully saturated rings. The van der Waals surface area contributed by atoms with Crippen molar-refractivity contribution in [2.45, 2.75) is 11.8 Å². The molecule has 14 heavy (non-hydrogen) atoms. The highest BCUT2D eigenvalue weighted by Crippen LogP contribution is 2.26. The van der Waals surface area contributed by atoms with Crippen molar-refractivity contribution in [3.63, 3.8) is 0 Å². The molecule has 2 nitrogen and oxygen atoms in total. The highest BCUT2D eigenvalue weighted by Gasteiger charge is 2.10. The molecule has 0 radical (unpaired) electrons. The van der Waals surface area contributed by atoms with Gasteiger partial charge in [-0.2, -0.15) is 0 Å². The summed E-state index contributed by atoms with van der Waals surface area (Å²) in [4.78, 5) is 11.5. The van der Waals surface area contributed by atoms with Crippen molar-refractivity contribution < 1.29 is 9.53 Å². The zero-order chi connectivity index (χ0) is 10.7. The van der Waals surface area contributed by atoms with Gasteiger partial charge in [0, 0.05) is 9.30 Å². The van der Waals surface area contributed by atoms with Crippen LogP contribution >= 0.6 is 31.9 Å². The van der Waals surface area contributed by atoms with Crippen molar-refractivity contribution in [2.24, 2.45) is 0 Å². The number of esters is 1. The van der Waals surface area contributed by atoms with Crippen LogP contribution in [0, 0.1) is 0 Å². The normalized spacial score (nSPS) is 12.3. The van der Waals surface area contributed by atoms with Crippen LogP contribution in [-0.4, -0.2) is 13.1 Å². The number of methoxy groups -OCH3 is 1. The summed E-state index contributed by atoms with van der Waals surface area (Å²) < 4.78 is 5.53. The van der Waals surface area contributed by atoms with E-state index in [9.17, 15) is 4.79 Å². The van der Waals surface area contributed by atoms with Gasteiger partial charge in [0.2, 0.25) is 0 Å². The van der Waals surface area contributed by atoms with Gasteiger partial charge in [-0.15, -0.1) is 0 Å². The lowest BCUT2D eigenvalue weighted by molar-refractivity contribution is 0.0600. The first-order valence-corrected chi connectivity index (χ1v) is 5.78. The molecule has 0 N–H and O–H groups in total. The molecule has 0 saturated carbocycles. The number of carbonyl (C=O) groups excluding carboxylic acids is 1. The van der Waals surface area contributed by atoms with E-state index in [0.717, 1.165) is 10.0 Å². The molecule has 0 bridgehead atoms. The first-order valence-electron chi connectivity index (χ1n) is 4.07. The summed E-state index contributed by atoms with van der Waals surface area (Å²) in [7, 11) is 1.38. The Morgan fingerprint density at radius 2 is 2.07 bits per heavy atom. The van der Waals surface area contributed by atoms with Crippen molar-refractivity contribution in [2.75, 3.05) is 7.11 Å². The Morgan fingerprint density at radius 1 is 1.43 bits per heavy atom. The van der Waals surface area contributed by atoms with Crippen LogP contribution in [0.3, 0.4) is 0 Å². The molecule has 1 atom stereocenters. The molecular weight excluding hydrogens is 312 g/mol. The van der Waals surface area contributed by atoms with Gasteiger partial charge < -0.3 is 4.74 Å². The maximum absolute atomic E-state index is 11.3. The molecule has 0 heterocycles. The van der Waals surface area contributed by atoms with Crippen molar-refractivity contribution in [1.82, 2.24) is 0 Å². The second kappa shape index (κ2) is 4.94. The number of benzene rings is 1. The minimum Gasteiger partial charge on any atom is -0.465 e. The van der Waals surface area contributed by atoms with Crippen LogP contribution in [-0.2, 0) is 4.74 Å². The number of carbonyl (C=O) groups is 1. The summed E-state index contributed by atoms with van der Waals surface area (Å²) in [5.41, 5.74) is 1.60. The van der Waals surface area contributed by atoms with Gasteiger partial charge in [0.1, 0.15) is 0 Å². The summed E-state index contributed by atoms with van der Waals surface area (Å²) in [5, 5.41) is 0. The van der Waals surface area contributed by atoms with Gasteiger partial charge in [-0.1, -0.05) is 31.9 Å². The lowest BCUT2D eigenvalue weighted by atomic mass is 10.1. The van der Waals surface area contributed by atoms with Crippen LogP contribution in [0.4, 0.5) is 0 Å². The molecular formula is C10H10Br2O2. The molecule has 4 heteroatoms. The summed E-state index contributed by atoms with van der Waals surface area (Å²) in [6, 6.07) is 5.52. The molecule has 0 aliphatic heterocycles. The van der Waals surface area contributed by atoms with Crippen molar-refractivity contribution in [3.05, 3.63) is 33.8 Å². The average Bonchev–Trinajstić information content (AvgIpc) is 2.15. The van der Waals surface area contributed by atoms with Crippen LogP contribution in [0.2, 0.25) is 0 Å². The van der Waals surface area contributed by atoms with E-state index < -0.39 is 0 Å². The van der Waals surface area contributed by atoms with Gasteiger partial charge in [-0.3, -0.25) is 0 Å². The summed E-state index contributed by atoms with van der Waals surface area (Å²) in [6.07, 6.45) is 0. The van der Waals surface area contributed by atoms with Crippen LogP contribution in [0.25, 0.3) is 0 Å². The summed E-state index contributed by atoms with van der Waals surface area (Å²) in [6.45, 7) is 2.00. The fourth-order valence-electron chi connectivity index (χ4n) is 1.08. The van der Waals surface area contributed by atoms with E-state index in [-0.39, 0.29) is 10.8 Å². The minimum atomic E-state index is -0.319. The Bertz CT molecular complexity index is 348. The van der Waals surface area contributed by atoms with Gasteiger partial charge in [0.15, 0.2) is 0 Å². The third-order valence-electron chi connectivity index (χ3n) is 1.80. The zero-order valence-corrected chi connectivity index (χ0v) is 11.1. The van der Waals surface area contributed by atoms with E-state index in [1.807, 2.05) is 19.1 Å². The molecule has 0 saturated heterocycles. The van der Waals surface area contributed by atoms with E-state index in [2.05, 4.69) is 36.6 Å². The quantitative estimate of drug-likeness (QED) is 0.613. The third kappa shape index (κ3) is 2.82. The molecule has 0 spiro atoms. The van der Waals surface area contributed by atoms with Gasteiger partial charge in [-0.05, 0) is 30.7 Å². The number of hydrogen-bond donors (Lipinski definition) is 0. The second-order valence-corrected chi connectivity index (χ2v) is 5.17. The van der Waals surface area contributed by atoms with Crippen LogP contribution in [0.5, 0.6) is 0 Å². The first kappa shape index (κ1) is 11.7. The number of rotatable bonds is 2. The highest BCUT2D eigenvalue weighted by molar-refractivity contribution is 9.10. The maximum atomic E-state index is 11.3. The molecule has 76 valence electrons. The van der Waals surface area contributed by atoms with Gasteiger partial charge in [-0.25, -0.2) is 4.79 Å². The van der Waals surface area contributed by atoms with Crippen molar-refractivity contribution >= 4 is 37.8 Å². The van der Waals surface area contributed by atoms with Crippen molar-refractivity contribution in [1.29, 1.82) is 0 Å². The van der Waals surface area contributed by atoms with Gasteiger partial charge in [0.25, 0.3) is 0 Å². The van der Waals surface area contributed by atoms with Crippen LogP contribution < -0.4 is 0 Å². The fourth-order valence-corrected chi connectivity index (χ4v) is 1.85. The molecule has 0 aromatic heterocycles. The number of alkyl halides is 1. The predicted molar refractivity (Wildman–Crippen MR) is 62.8 cm³/mol. The number of ether oxygens (including phenoxy) is 1. The summed E-state index contributed by atoms with van der Waals surface area (Å²) >= 11 is 6.80. The molecule has 0 aliphatic rings. The predicted octanol–water partition coefficient (Wildman–Crippen LogP) is 3.69. The molecule has 1 aromatic carbocycles. The lowest BCUT2D eigenvalue weighted by Crippen LogP contribution is -2.02. The smallest absolute Gasteiger partial charge is 0.337 e. The van der Waals surface area contributed by atoms with Crippen LogP contribution in [0.15, 0.2) is 22.7 Å². The molecule has 1 unspecified atom stereocenters. The summed E-state index contributed by atoms with van der Waals surface area (Å²) in [5.74, 6) is -0.319. The molecule has 1 rings (SSSR count). The van der Waals surface area contributed by atoms with E-state index in [1.165, 1.54) is 7.11 Å². The monoisotopic (exact) mass is 320 g/mol. The SMILES string of the molecule is COC(=O)c1cc(Br)cc(C(C)Br)c1. The fraction of sp³-hybridized carbons (Fsp3) is 0.300. The topological polar surface area (TPSA) is 26.3 Å².